The number of ether oxygens (including phenoxy) is 1. The zero-order chi connectivity index (χ0) is 13.9. The number of nitrogens with zero attached hydrogens (tertiary/aromatic N) is 1. The number of hydrogen-bond acceptors (Lipinski definition) is 3. The predicted octanol–water partition coefficient (Wildman–Crippen LogP) is 2.00. The average molecular weight is 264 g/mol. The summed E-state index contributed by atoms with van der Waals surface area (Å²) in [7, 11) is 0. The minimum Gasteiger partial charge on any atom is -0.445 e. The quantitative estimate of drug-likeness (QED) is 0.737. The molecule has 2 rings (SSSR count). The van der Waals surface area contributed by atoms with Crippen LogP contribution >= 0.6 is 0 Å². The molecule has 1 N–H and O–H groups in total. The van der Waals surface area contributed by atoms with Crippen LogP contribution in [0.25, 0.3) is 0 Å². The zero-order valence-corrected chi connectivity index (χ0v) is 12.2. The van der Waals surface area contributed by atoms with Gasteiger partial charge in [-0.05, 0) is 33.6 Å². The van der Waals surface area contributed by atoms with Crippen LogP contribution in [0.15, 0.2) is 0 Å². The molecule has 0 saturated carbocycles. The van der Waals surface area contributed by atoms with Crippen molar-refractivity contribution in [3.8, 4) is 11.8 Å². The van der Waals surface area contributed by atoms with E-state index in [9.17, 15) is 4.79 Å². The lowest BCUT2D eigenvalue weighted by Crippen LogP contribution is -2.32. The molecule has 19 heavy (non-hydrogen) atoms. The Morgan fingerprint density at radius 1 is 1.32 bits per heavy atom. The van der Waals surface area contributed by atoms with Gasteiger partial charge in [-0.25, -0.2) is 4.79 Å². The Bertz CT molecular complexity index is 383. The number of carbonyl (C=O) groups is 1. The van der Waals surface area contributed by atoms with Crippen molar-refractivity contribution in [1.82, 2.24) is 10.2 Å². The number of amides is 1. The Balaban J connectivity index is 1.78. The van der Waals surface area contributed by atoms with Crippen LogP contribution in [0.5, 0.6) is 0 Å². The minimum absolute atomic E-state index is 0.0198. The molecule has 0 aromatic heterocycles. The third-order valence-corrected chi connectivity index (χ3v) is 3.34. The first kappa shape index (κ1) is 14.2. The Morgan fingerprint density at radius 3 is 2.63 bits per heavy atom. The van der Waals surface area contributed by atoms with Crippen molar-refractivity contribution in [1.29, 1.82) is 0 Å². The monoisotopic (exact) mass is 264 g/mol. The molecule has 0 spiro atoms. The van der Waals surface area contributed by atoms with E-state index in [1.807, 2.05) is 0 Å². The summed E-state index contributed by atoms with van der Waals surface area (Å²) in [6.45, 7) is 8.68. The highest BCUT2D eigenvalue weighted by Gasteiger charge is 2.28. The van der Waals surface area contributed by atoms with Crippen LogP contribution in [0, 0.1) is 17.3 Å². The van der Waals surface area contributed by atoms with Gasteiger partial charge in [0.2, 0.25) is 0 Å². The average Bonchev–Trinajstić information content (AvgIpc) is 2.96. The fraction of sp³-hybridized carbons (Fsp3) is 0.800. The van der Waals surface area contributed by atoms with Crippen molar-refractivity contribution in [2.24, 2.45) is 5.41 Å². The summed E-state index contributed by atoms with van der Waals surface area (Å²) >= 11 is 0. The molecule has 2 saturated heterocycles. The second-order valence-electron chi connectivity index (χ2n) is 6.42. The Labute approximate surface area is 115 Å². The smallest absolute Gasteiger partial charge is 0.410 e. The standard InChI is InChI=1S/C15H24N2O2/c1-15(2,3)7-6-12-10-13(11-16-12)19-14(18)17-8-4-5-9-17/h12-13,16H,4-5,8-11H2,1-3H3/t12-,13+/m1/s1. The van der Waals surface area contributed by atoms with Gasteiger partial charge in [-0.2, -0.15) is 0 Å². The number of hydrogen-bond donors (Lipinski definition) is 1. The summed E-state index contributed by atoms with van der Waals surface area (Å²) in [5, 5.41) is 3.31. The van der Waals surface area contributed by atoms with E-state index < -0.39 is 0 Å². The van der Waals surface area contributed by atoms with Gasteiger partial charge >= 0.3 is 6.09 Å². The molecule has 2 aliphatic heterocycles. The molecule has 106 valence electrons. The topological polar surface area (TPSA) is 41.6 Å². The van der Waals surface area contributed by atoms with Crippen LogP contribution in [0.3, 0.4) is 0 Å². The fourth-order valence-corrected chi connectivity index (χ4v) is 2.32. The molecule has 0 bridgehead atoms. The van der Waals surface area contributed by atoms with Gasteiger partial charge in [0.25, 0.3) is 0 Å². The van der Waals surface area contributed by atoms with Gasteiger partial charge < -0.3 is 9.64 Å². The largest absolute Gasteiger partial charge is 0.445 e. The highest BCUT2D eigenvalue weighted by Crippen LogP contribution is 2.16. The SMILES string of the molecule is CC(C)(C)C#C[C@@H]1C[C@H](OC(=O)N2CCCC2)CN1. The second-order valence-corrected chi connectivity index (χ2v) is 6.42. The van der Waals surface area contributed by atoms with Gasteiger partial charge in [-0.15, -0.1) is 0 Å². The predicted molar refractivity (Wildman–Crippen MR) is 74.7 cm³/mol. The maximum atomic E-state index is 11.9. The first-order valence-electron chi connectivity index (χ1n) is 7.16. The van der Waals surface area contributed by atoms with E-state index in [1.54, 1.807) is 4.90 Å². The van der Waals surface area contributed by atoms with Gasteiger partial charge in [0.05, 0.1) is 6.04 Å². The molecule has 0 unspecified atom stereocenters. The molecule has 2 heterocycles. The van der Waals surface area contributed by atoms with E-state index in [1.165, 1.54) is 0 Å². The Kier molecular flexibility index (Phi) is 4.36. The van der Waals surface area contributed by atoms with Crippen molar-refractivity contribution in [3.63, 3.8) is 0 Å². The first-order valence-corrected chi connectivity index (χ1v) is 7.16. The van der Waals surface area contributed by atoms with Crippen molar-refractivity contribution in [2.75, 3.05) is 19.6 Å². The molecular weight excluding hydrogens is 240 g/mol. The van der Waals surface area contributed by atoms with Crippen LogP contribution in [0.2, 0.25) is 0 Å². The van der Waals surface area contributed by atoms with Crippen LogP contribution in [0.4, 0.5) is 4.79 Å². The summed E-state index contributed by atoms with van der Waals surface area (Å²) < 4.78 is 5.51. The molecule has 2 fully saturated rings. The van der Waals surface area contributed by atoms with Gasteiger partial charge in [0.15, 0.2) is 0 Å². The summed E-state index contributed by atoms with van der Waals surface area (Å²) in [5.41, 5.74) is 0.0198. The molecule has 0 aromatic carbocycles. The molecule has 1 amide bonds. The van der Waals surface area contributed by atoms with Crippen LogP contribution < -0.4 is 5.32 Å². The minimum atomic E-state index is -0.159. The lowest BCUT2D eigenvalue weighted by atomic mass is 9.97. The van der Waals surface area contributed by atoms with Crippen LogP contribution in [-0.2, 0) is 4.74 Å². The van der Waals surface area contributed by atoms with Gasteiger partial charge in [-0.3, -0.25) is 5.32 Å². The zero-order valence-electron chi connectivity index (χ0n) is 12.2. The Morgan fingerprint density at radius 2 is 2.00 bits per heavy atom. The van der Waals surface area contributed by atoms with E-state index >= 15 is 0 Å². The van der Waals surface area contributed by atoms with Crippen molar-refractivity contribution >= 4 is 6.09 Å². The first-order chi connectivity index (χ1) is 8.94. The second kappa shape index (κ2) is 5.83. The molecule has 0 aliphatic carbocycles. The van der Waals surface area contributed by atoms with Crippen molar-refractivity contribution < 1.29 is 9.53 Å². The molecular formula is C15H24N2O2. The normalized spacial score (nSPS) is 27.0. The Hall–Kier alpha value is -1.21. The summed E-state index contributed by atoms with van der Waals surface area (Å²) in [6, 6.07) is 0.149. The summed E-state index contributed by atoms with van der Waals surface area (Å²) in [4.78, 5) is 13.7. The van der Waals surface area contributed by atoms with E-state index in [0.29, 0.717) is 6.54 Å². The third kappa shape index (κ3) is 4.43. The van der Waals surface area contributed by atoms with Crippen molar-refractivity contribution in [3.05, 3.63) is 0 Å². The van der Waals surface area contributed by atoms with Crippen LogP contribution in [-0.4, -0.2) is 42.8 Å². The molecule has 0 radical (unpaired) electrons. The van der Waals surface area contributed by atoms with E-state index in [2.05, 4.69) is 37.9 Å². The lowest BCUT2D eigenvalue weighted by molar-refractivity contribution is 0.0763. The van der Waals surface area contributed by atoms with Gasteiger partial charge in [-0.1, -0.05) is 11.8 Å². The maximum absolute atomic E-state index is 11.9. The molecule has 2 atom stereocenters. The fourth-order valence-electron chi connectivity index (χ4n) is 2.32. The van der Waals surface area contributed by atoms with E-state index in [-0.39, 0.29) is 23.7 Å². The van der Waals surface area contributed by atoms with Crippen LogP contribution in [0.1, 0.15) is 40.0 Å². The number of rotatable bonds is 1. The molecule has 4 nitrogen and oxygen atoms in total. The van der Waals surface area contributed by atoms with Crippen molar-refractivity contribution in [2.45, 2.75) is 52.2 Å². The van der Waals surface area contributed by atoms with Gasteiger partial charge in [0, 0.05) is 31.5 Å². The molecule has 2 aliphatic rings. The highest BCUT2D eigenvalue weighted by atomic mass is 16.6. The lowest BCUT2D eigenvalue weighted by Gasteiger charge is -2.18. The molecule has 4 heteroatoms. The number of nitrogens with one attached hydrogen (secondary N) is 1. The number of carbonyl (C=O) groups excluding carboxylic acids is 1. The van der Waals surface area contributed by atoms with E-state index in [0.717, 1.165) is 32.4 Å². The maximum Gasteiger partial charge on any atom is 0.410 e. The third-order valence-electron chi connectivity index (χ3n) is 3.34. The molecule has 0 aromatic rings. The van der Waals surface area contributed by atoms with Gasteiger partial charge in [0.1, 0.15) is 6.10 Å². The summed E-state index contributed by atoms with van der Waals surface area (Å²) in [6.07, 6.45) is 2.79. The summed E-state index contributed by atoms with van der Waals surface area (Å²) in [5.74, 6) is 6.46. The highest BCUT2D eigenvalue weighted by molar-refractivity contribution is 5.68. The number of likely N-dealkylation sites (tertiary alicyclic amines) is 1. The van der Waals surface area contributed by atoms with E-state index in [4.69, 9.17) is 4.74 Å².